The van der Waals surface area contributed by atoms with Crippen LogP contribution in [0.2, 0.25) is 0 Å². The van der Waals surface area contributed by atoms with Gasteiger partial charge in [0.2, 0.25) is 10.0 Å². The van der Waals surface area contributed by atoms with Gasteiger partial charge in [0.1, 0.15) is 0 Å². The van der Waals surface area contributed by atoms with Crippen molar-refractivity contribution in [3.05, 3.63) is 58.4 Å². The zero-order valence-corrected chi connectivity index (χ0v) is 21.1. The minimum Gasteiger partial charge on any atom is -0.465 e. The molecule has 0 saturated carbocycles. The van der Waals surface area contributed by atoms with Gasteiger partial charge in [-0.05, 0) is 60.7 Å². The third-order valence-electron chi connectivity index (χ3n) is 6.00. The van der Waals surface area contributed by atoms with Gasteiger partial charge in [0.15, 0.2) is 4.80 Å². The molecule has 0 aliphatic carbocycles. The van der Waals surface area contributed by atoms with Crippen LogP contribution >= 0.6 is 11.3 Å². The van der Waals surface area contributed by atoms with Crippen LogP contribution in [0.15, 0.2) is 52.4 Å². The van der Waals surface area contributed by atoms with Gasteiger partial charge >= 0.3 is 5.97 Å². The molecule has 0 spiro atoms. The summed E-state index contributed by atoms with van der Waals surface area (Å²) in [5.74, 6) is -0.289. The number of carbonyl (C=O) groups excluding carboxylic acids is 2. The van der Waals surface area contributed by atoms with Crippen LogP contribution < -0.4 is 4.80 Å². The minimum atomic E-state index is -3.62. The zero-order chi connectivity index (χ0) is 24.6. The summed E-state index contributed by atoms with van der Waals surface area (Å²) in [6, 6.07) is 11.1. The Bertz CT molecular complexity index is 1410. The normalized spacial score (nSPS) is 19.9. The molecule has 1 amide bonds. The maximum absolute atomic E-state index is 13.1. The third kappa shape index (κ3) is 4.70. The molecule has 4 rings (SSSR count). The molecule has 1 aromatic heterocycles. The first-order valence-corrected chi connectivity index (χ1v) is 13.2. The number of aryl methyl sites for hydroxylation is 1. The number of benzene rings is 2. The second-order valence-corrected chi connectivity index (χ2v) is 11.8. The molecule has 0 N–H and O–H groups in total. The average molecular weight is 502 g/mol. The number of piperidine rings is 1. The van der Waals surface area contributed by atoms with Crippen molar-refractivity contribution in [2.75, 3.05) is 20.2 Å². The quantitative estimate of drug-likeness (QED) is 0.510. The Kier molecular flexibility index (Phi) is 6.75. The molecule has 2 heterocycles. The van der Waals surface area contributed by atoms with E-state index in [1.165, 1.54) is 47.0 Å². The standard InChI is InChI=1S/C24H27N3O5S2/c1-15-11-16(2)14-27(13-15)34(30,31)19-8-5-17(6-9-19)22(28)25-24-26(3)20-10-7-18(23(29)32-4)12-21(20)33-24/h5-10,12,15-16H,11,13-14H2,1-4H3. The molecule has 0 radical (unpaired) electrons. The molecule has 2 aromatic carbocycles. The lowest BCUT2D eigenvalue weighted by Crippen LogP contribution is -2.42. The van der Waals surface area contributed by atoms with Crippen molar-refractivity contribution in [1.82, 2.24) is 8.87 Å². The van der Waals surface area contributed by atoms with Gasteiger partial charge in [-0.2, -0.15) is 9.30 Å². The second kappa shape index (κ2) is 9.44. The van der Waals surface area contributed by atoms with Gasteiger partial charge in [-0.1, -0.05) is 25.2 Å². The minimum absolute atomic E-state index is 0.174. The summed E-state index contributed by atoms with van der Waals surface area (Å²) in [4.78, 5) is 29.5. The van der Waals surface area contributed by atoms with Gasteiger partial charge < -0.3 is 9.30 Å². The van der Waals surface area contributed by atoms with Gasteiger partial charge in [0.25, 0.3) is 5.91 Å². The number of nitrogens with zero attached hydrogens (tertiary/aromatic N) is 3. The fourth-order valence-electron chi connectivity index (χ4n) is 4.36. The van der Waals surface area contributed by atoms with Crippen molar-refractivity contribution in [2.24, 2.45) is 23.9 Å². The molecule has 0 bridgehead atoms. The van der Waals surface area contributed by atoms with Crippen LogP contribution in [0.3, 0.4) is 0 Å². The molecule has 34 heavy (non-hydrogen) atoms. The van der Waals surface area contributed by atoms with Crippen LogP contribution in [0.4, 0.5) is 0 Å². The van der Waals surface area contributed by atoms with Crippen molar-refractivity contribution in [1.29, 1.82) is 0 Å². The zero-order valence-electron chi connectivity index (χ0n) is 19.5. The summed E-state index contributed by atoms with van der Waals surface area (Å²) in [6.07, 6.45) is 1.01. The summed E-state index contributed by atoms with van der Waals surface area (Å²) in [5.41, 5.74) is 1.55. The number of methoxy groups -OCH3 is 1. The molecule has 180 valence electrons. The summed E-state index contributed by atoms with van der Waals surface area (Å²) in [7, 11) is -0.500. The summed E-state index contributed by atoms with van der Waals surface area (Å²) in [6.45, 7) is 5.13. The highest BCUT2D eigenvalue weighted by Gasteiger charge is 2.31. The number of amides is 1. The Morgan fingerprint density at radius 1 is 1.03 bits per heavy atom. The van der Waals surface area contributed by atoms with E-state index in [0.717, 1.165) is 16.6 Å². The molecule has 10 heteroatoms. The number of esters is 1. The number of aromatic nitrogens is 1. The highest BCUT2D eigenvalue weighted by molar-refractivity contribution is 7.89. The summed E-state index contributed by atoms with van der Waals surface area (Å²) < 4.78 is 35.0. The van der Waals surface area contributed by atoms with E-state index in [-0.39, 0.29) is 4.90 Å². The fourth-order valence-corrected chi connectivity index (χ4v) is 7.09. The van der Waals surface area contributed by atoms with E-state index in [4.69, 9.17) is 4.74 Å². The van der Waals surface area contributed by atoms with Crippen molar-refractivity contribution < 1.29 is 22.7 Å². The molecule has 1 aliphatic rings. The number of carbonyl (C=O) groups is 2. The van der Waals surface area contributed by atoms with Crippen LogP contribution in [-0.4, -0.2) is 49.4 Å². The first kappa shape index (κ1) is 24.3. The van der Waals surface area contributed by atoms with Crippen LogP contribution in [0, 0.1) is 11.8 Å². The summed E-state index contributed by atoms with van der Waals surface area (Å²) in [5, 5.41) is 0. The Labute approximate surface area is 202 Å². The fraction of sp³-hybridized carbons (Fsp3) is 0.375. The highest BCUT2D eigenvalue weighted by atomic mass is 32.2. The molecular weight excluding hydrogens is 474 g/mol. The Balaban J connectivity index is 1.60. The molecular formula is C24H27N3O5S2. The third-order valence-corrected chi connectivity index (χ3v) is 8.94. The van der Waals surface area contributed by atoms with Crippen molar-refractivity contribution >= 4 is 43.5 Å². The van der Waals surface area contributed by atoms with Crippen LogP contribution in [-0.2, 0) is 21.8 Å². The SMILES string of the molecule is COC(=O)c1ccc2c(c1)sc(=NC(=O)c1ccc(S(=O)(=O)N3CC(C)CC(C)C3)cc1)n2C. The van der Waals surface area contributed by atoms with Gasteiger partial charge in [-0.15, -0.1) is 0 Å². The molecule has 3 aromatic rings. The van der Waals surface area contributed by atoms with E-state index in [1.54, 1.807) is 29.8 Å². The molecule has 1 fully saturated rings. The maximum atomic E-state index is 13.1. The van der Waals surface area contributed by atoms with Crippen LogP contribution in [0.25, 0.3) is 10.2 Å². The largest absolute Gasteiger partial charge is 0.465 e. The number of thiazole rings is 1. The highest BCUT2D eigenvalue weighted by Crippen LogP contribution is 2.27. The maximum Gasteiger partial charge on any atom is 0.337 e. The summed E-state index contributed by atoms with van der Waals surface area (Å²) >= 11 is 1.28. The number of rotatable bonds is 4. The first-order chi connectivity index (χ1) is 16.1. The van der Waals surface area contributed by atoms with E-state index in [2.05, 4.69) is 18.8 Å². The lowest BCUT2D eigenvalue weighted by molar-refractivity contribution is 0.0600. The molecule has 1 saturated heterocycles. The number of fused-ring (bicyclic) bond motifs is 1. The predicted molar refractivity (Wildman–Crippen MR) is 130 cm³/mol. The molecule has 8 nitrogen and oxygen atoms in total. The topological polar surface area (TPSA) is 98.0 Å². The van der Waals surface area contributed by atoms with E-state index in [1.807, 2.05) is 0 Å². The molecule has 2 unspecified atom stereocenters. The van der Waals surface area contributed by atoms with Gasteiger partial charge in [0, 0.05) is 25.7 Å². The number of hydrogen-bond donors (Lipinski definition) is 0. The monoisotopic (exact) mass is 501 g/mol. The lowest BCUT2D eigenvalue weighted by Gasteiger charge is -2.34. The van der Waals surface area contributed by atoms with E-state index in [0.29, 0.717) is 40.9 Å². The van der Waals surface area contributed by atoms with Crippen LogP contribution in [0.1, 0.15) is 41.0 Å². The van der Waals surface area contributed by atoms with E-state index in [9.17, 15) is 18.0 Å². The number of ether oxygens (including phenoxy) is 1. The van der Waals surface area contributed by atoms with Gasteiger partial charge in [-0.3, -0.25) is 4.79 Å². The lowest BCUT2D eigenvalue weighted by atomic mass is 9.94. The van der Waals surface area contributed by atoms with E-state index < -0.39 is 21.9 Å². The molecule has 1 aliphatic heterocycles. The number of sulfonamides is 1. The second-order valence-electron chi connectivity index (χ2n) is 8.83. The van der Waals surface area contributed by atoms with Crippen molar-refractivity contribution in [2.45, 2.75) is 25.2 Å². The van der Waals surface area contributed by atoms with Crippen molar-refractivity contribution in [3.8, 4) is 0 Å². The van der Waals surface area contributed by atoms with Gasteiger partial charge in [-0.25, -0.2) is 13.2 Å². The molecule has 2 atom stereocenters. The van der Waals surface area contributed by atoms with Crippen molar-refractivity contribution in [3.63, 3.8) is 0 Å². The Morgan fingerprint density at radius 3 is 2.26 bits per heavy atom. The first-order valence-electron chi connectivity index (χ1n) is 11.0. The Morgan fingerprint density at radius 2 is 1.65 bits per heavy atom. The number of hydrogen-bond acceptors (Lipinski definition) is 6. The van der Waals surface area contributed by atoms with E-state index >= 15 is 0 Å². The van der Waals surface area contributed by atoms with Gasteiger partial charge in [0.05, 0.1) is 27.8 Å². The Hall–Kier alpha value is -2.82. The smallest absolute Gasteiger partial charge is 0.337 e. The van der Waals surface area contributed by atoms with Crippen LogP contribution in [0.5, 0.6) is 0 Å². The average Bonchev–Trinajstić information content (AvgIpc) is 3.12. The predicted octanol–water partition coefficient (Wildman–Crippen LogP) is 3.43.